The largest absolute Gasteiger partial charge is 0.508 e. The molecule has 298 valence electrons. The molecule has 0 aliphatic carbocycles. The number of carbonyl (C=O) groups is 1. The molecule has 3 heterocycles. The predicted octanol–water partition coefficient (Wildman–Crippen LogP) is 0.169. The minimum Gasteiger partial charge on any atom is -0.508 e. The molecule has 0 amide bonds. The Labute approximate surface area is 308 Å². The van der Waals surface area contributed by atoms with Gasteiger partial charge >= 0.3 is 5.97 Å². The number of benzene rings is 1. The molecule has 15 atom stereocenters. The van der Waals surface area contributed by atoms with Gasteiger partial charge in [0.2, 0.25) is 0 Å². The Kier molecular flexibility index (Phi) is 15.9. The third-order valence-corrected chi connectivity index (χ3v) is 9.31. The number of aliphatic hydroxyl groups is 7. The minimum atomic E-state index is -1.82. The van der Waals surface area contributed by atoms with Crippen molar-refractivity contribution in [2.24, 2.45) is 0 Å². The maximum Gasteiger partial charge on any atom is 0.331 e. The van der Waals surface area contributed by atoms with Crippen LogP contribution in [0, 0.1) is 0 Å². The molecule has 0 aromatic heterocycles. The standard InChI is InChI=1S/C37H54O16/c1-18(2)7-6-8-19(3)15-16-47-35-31(46)34(32(24(17-38)50-35)51-25(40)14-11-22-9-12-23(39)13-10-22)53-37-30(45)33(27(42)21(5)49-37)52-36-29(44)28(43)26(41)20(4)48-36/h7,9-15,20-21,24,26-39,41-46H,6,8,16-17H2,1-5H3. The molecular formula is C37H54O16. The lowest BCUT2D eigenvalue weighted by molar-refractivity contribution is -0.376. The summed E-state index contributed by atoms with van der Waals surface area (Å²) >= 11 is 0. The number of aromatic hydroxyl groups is 1. The van der Waals surface area contributed by atoms with Gasteiger partial charge in [-0.05, 0) is 71.2 Å². The molecule has 3 fully saturated rings. The van der Waals surface area contributed by atoms with Crippen molar-refractivity contribution >= 4 is 12.0 Å². The van der Waals surface area contributed by atoms with Crippen LogP contribution in [0.2, 0.25) is 0 Å². The van der Waals surface area contributed by atoms with Crippen LogP contribution in [0.5, 0.6) is 5.75 Å². The summed E-state index contributed by atoms with van der Waals surface area (Å²) in [5.41, 5.74) is 2.78. The highest BCUT2D eigenvalue weighted by Crippen LogP contribution is 2.34. The molecule has 0 spiro atoms. The summed E-state index contributed by atoms with van der Waals surface area (Å²) in [4.78, 5) is 13.1. The summed E-state index contributed by atoms with van der Waals surface area (Å²) in [7, 11) is 0. The smallest absolute Gasteiger partial charge is 0.331 e. The van der Waals surface area contributed by atoms with Gasteiger partial charge in [0.25, 0.3) is 0 Å². The van der Waals surface area contributed by atoms with Crippen LogP contribution in [0.1, 0.15) is 53.0 Å². The second-order valence-electron chi connectivity index (χ2n) is 13.8. The number of rotatable bonds is 14. The first-order valence-corrected chi connectivity index (χ1v) is 17.7. The van der Waals surface area contributed by atoms with E-state index in [1.54, 1.807) is 12.1 Å². The summed E-state index contributed by atoms with van der Waals surface area (Å²) in [6.07, 6.45) is -14.4. The Morgan fingerprint density at radius 1 is 0.736 bits per heavy atom. The van der Waals surface area contributed by atoms with Crippen molar-refractivity contribution in [1.82, 2.24) is 0 Å². The molecule has 8 N–H and O–H groups in total. The third kappa shape index (κ3) is 11.4. The van der Waals surface area contributed by atoms with E-state index < -0.39 is 105 Å². The van der Waals surface area contributed by atoms with Crippen LogP contribution in [0.15, 0.2) is 53.6 Å². The number of aliphatic hydroxyl groups excluding tert-OH is 7. The fraction of sp³-hybridized carbons (Fsp3) is 0.649. The van der Waals surface area contributed by atoms with E-state index in [1.807, 2.05) is 26.8 Å². The Hall–Kier alpha value is -2.81. The van der Waals surface area contributed by atoms with Crippen LogP contribution < -0.4 is 0 Å². The molecular weight excluding hydrogens is 700 g/mol. The van der Waals surface area contributed by atoms with Crippen molar-refractivity contribution in [1.29, 1.82) is 0 Å². The third-order valence-electron chi connectivity index (χ3n) is 9.31. The second kappa shape index (κ2) is 19.7. The van der Waals surface area contributed by atoms with Crippen molar-refractivity contribution < 1.29 is 78.8 Å². The number of phenols is 1. The summed E-state index contributed by atoms with van der Waals surface area (Å²) in [6, 6.07) is 5.98. The van der Waals surface area contributed by atoms with Gasteiger partial charge in [0, 0.05) is 6.08 Å². The number of ether oxygens (including phenoxy) is 7. The number of carbonyl (C=O) groups excluding carboxylic acids is 1. The number of hydrogen-bond acceptors (Lipinski definition) is 16. The molecule has 1 aromatic carbocycles. The zero-order valence-corrected chi connectivity index (χ0v) is 30.5. The maximum atomic E-state index is 13.1. The Balaban J connectivity index is 1.56. The fourth-order valence-corrected chi connectivity index (χ4v) is 6.08. The van der Waals surface area contributed by atoms with E-state index in [9.17, 15) is 45.6 Å². The molecule has 3 aliphatic heterocycles. The van der Waals surface area contributed by atoms with Crippen molar-refractivity contribution in [3.8, 4) is 5.75 Å². The average molecular weight is 755 g/mol. The summed E-state index contributed by atoms with van der Waals surface area (Å²) in [5, 5.41) is 84.7. The second-order valence-corrected chi connectivity index (χ2v) is 13.8. The molecule has 0 saturated carbocycles. The van der Waals surface area contributed by atoms with Crippen molar-refractivity contribution in [2.75, 3.05) is 13.2 Å². The lowest BCUT2D eigenvalue weighted by Crippen LogP contribution is -2.66. The van der Waals surface area contributed by atoms with Crippen LogP contribution >= 0.6 is 0 Å². The van der Waals surface area contributed by atoms with Crippen molar-refractivity contribution in [2.45, 2.75) is 140 Å². The molecule has 3 saturated heterocycles. The van der Waals surface area contributed by atoms with Gasteiger partial charge in [-0.15, -0.1) is 0 Å². The summed E-state index contributed by atoms with van der Waals surface area (Å²) < 4.78 is 40.5. The van der Waals surface area contributed by atoms with E-state index in [1.165, 1.54) is 37.6 Å². The van der Waals surface area contributed by atoms with Crippen molar-refractivity contribution in [3.05, 3.63) is 59.2 Å². The Bertz CT molecular complexity index is 1400. The highest BCUT2D eigenvalue weighted by molar-refractivity contribution is 5.87. The van der Waals surface area contributed by atoms with Gasteiger partial charge in [0.05, 0.1) is 25.4 Å². The first-order chi connectivity index (χ1) is 25.1. The molecule has 53 heavy (non-hydrogen) atoms. The van der Waals surface area contributed by atoms with E-state index in [2.05, 4.69) is 6.08 Å². The van der Waals surface area contributed by atoms with E-state index in [0.29, 0.717) is 5.56 Å². The molecule has 16 heteroatoms. The molecule has 0 bridgehead atoms. The van der Waals surface area contributed by atoms with Gasteiger partial charge < -0.3 is 74.0 Å². The minimum absolute atomic E-state index is 0.0114. The average Bonchev–Trinajstić information content (AvgIpc) is 3.11. The van der Waals surface area contributed by atoms with Crippen LogP contribution in [0.3, 0.4) is 0 Å². The number of hydrogen-bond donors (Lipinski definition) is 8. The van der Waals surface area contributed by atoms with E-state index in [4.69, 9.17) is 33.2 Å². The molecule has 15 unspecified atom stereocenters. The van der Waals surface area contributed by atoms with E-state index in [-0.39, 0.29) is 12.4 Å². The van der Waals surface area contributed by atoms with Gasteiger partial charge in [0.1, 0.15) is 60.7 Å². The Morgan fingerprint density at radius 3 is 1.98 bits per heavy atom. The lowest BCUT2D eigenvalue weighted by Gasteiger charge is -2.48. The normalized spacial score (nSPS) is 38.1. The SMILES string of the molecule is CC(C)=CCCC(C)=CCOC1OC(CO)C(OC(=O)C=Cc2ccc(O)cc2)C(OC2OC(C)C(O)C(OC3OC(C)C(O)C(O)C3O)C2O)C1O. The number of allylic oxidation sites excluding steroid dienone is 3. The number of phenolic OH excluding ortho intramolecular Hbond substituents is 1. The zero-order valence-electron chi connectivity index (χ0n) is 30.5. The zero-order chi connectivity index (χ0) is 39.0. The highest BCUT2D eigenvalue weighted by Gasteiger charge is 2.54. The Morgan fingerprint density at radius 2 is 1.34 bits per heavy atom. The van der Waals surface area contributed by atoms with Crippen LogP contribution in [0.25, 0.3) is 6.08 Å². The van der Waals surface area contributed by atoms with E-state index in [0.717, 1.165) is 24.5 Å². The topological polar surface area (TPSA) is 244 Å². The summed E-state index contributed by atoms with van der Waals surface area (Å²) in [6.45, 7) is 8.14. The monoisotopic (exact) mass is 754 g/mol. The van der Waals surface area contributed by atoms with E-state index >= 15 is 0 Å². The predicted molar refractivity (Wildman–Crippen MR) is 186 cm³/mol. The van der Waals surface area contributed by atoms with Gasteiger partial charge in [0.15, 0.2) is 25.0 Å². The first kappa shape index (κ1) is 42.9. The lowest BCUT2D eigenvalue weighted by atomic mass is 9.96. The van der Waals surface area contributed by atoms with Gasteiger partial charge in [-0.3, -0.25) is 0 Å². The van der Waals surface area contributed by atoms with Crippen LogP contribution in [0.4, 0.5) is 0 Å². The highest BCUT2D eigenvalue weighted by atomic mass is 16.8. The first-order valence-electron chi connectivity index (χ1n) is 17.7. The van der Waals surface area contributed by atoms with Crippen LogP contribution in [-0.4, -0.2) is 152 Å². The fourth-order valence-electron chi connectivity index (χ4n) is 6.08. The number of esters is 1. The van der Waals surface area contributed by atoms with Crippen molar-refractivity contribution in [3.63, 3.8) is 0 Å². The van der Waals surface area contributed by atoms with Gasteiger partial charge in [-0.1, -0.05) is 35.4 Å². The van der Waals surface area contributed by atoms with Crippen LogP contribution in [-0.2, 0) is 38.0 Å². The molecule has 3 aliphatic rings. The maximum absolute atomic E-state index is 13.1. The van der Waals surface area contributed by atoms with Gasteiger partial charge in [-0.25, -0.2) is 4.79 Å². The quantitative estimate of drug-likeness (QED) is 0.0717. The molecule has 1 aromatic rings. The summed E-state index contributed by atoms with van der Waals surface area (Å²) in [5.74, 6) is -0.876. The molecule has 4 rings (SSSR count). The molecule has 0 radical (unpaired) electrons. The van der Waals surface area contributed by atoms with Gasteiger partial charge in [-0.2, -0.15) is 0 Å². The molecule has 16 nitrogen and oxygen atoms in total.